The third-order valence-corrected chi connectivity index (χ3v) is 5.11. The first kappa shape index (κ1) is 15.8. The molecule has 0 atom stereocenters. The number of carboxylic acids is 1. The maximum Gasteiger partial charge on any atom is 0.338 e. The lowest BCUT2D eigenvalue weighted by atomic mass is 10.2. The number of carboxylic acid groups (broad SMARTS) is 1. The highest BCUT2D eigenvalue weighted by molar-refractivity contribution is 7.98. The van der Waals surface area contributed by atoms with Gasteiger partial charge in [-0.15, -0.1) is 11.8 Å². The van der Waals surface area contributed by atoms with E-state index in [-0.39, 0.29) is 23.6 Å². The SMILES string of the molecule is CCS(=O)(=O)CCNc1cccc(SC)c1C(=O)O. The number of benzene rings is 1. The van der Waals surface area contributed by atoms with E-state index in [1.165, 1.54) is 11.8 Å². The summed E-state index contributed by atoms with van der Waals surface area (Å²) in [5.41, 5.74) is 0.634. The van der Waals surface area contributed by atoms with Crippen LogP contribution in [0.5, 0.6) is 0 Å². The maximum absolute atomic E-state index is 11.4. The van der Waals surface area contributed by atoms with Crippen LogP contribution < -0.4 is 5.32 Å². The van der Waals surface area contributed by atoms with E-state index in [1.54, 1.807) is 31.4 Å². The molecule has 1 aromatic carbocycles. The van der Waals surface area contributed by atoms with E-state index < -0.39 is 15.8 Å². The highest BCUT2D eigenvalue weighted by Crippen LogP contribution is 2.27. The van der Waals surface area contributed by atoms with Crippen LogP contribution in [0.4, 0.5) is 5.69 Å². The molecule has 0 amide bonds. The Morgan fingerprint density at radius 1 is 1.42 bits per heavy atom. The fourth-order valence-corrected chi connectivity index (χ4v) is 2.87. The zero-order valence-corrected chi connectivity index (χ0v) is 12.5. The van der Waals surface area contributed by atoms with E-state index >= 15 is 0 Å². The first-order valence-electron chi connectivity index (χ1n) is 5.76. The highest BCUT2D eigenvalue weighted by Gasteiger charge is 2.15. The van der Waals surface area contributed by atoms with Gasteiger partial charge in [0.15, 0.2) is 9.84 Å². The van der Waals surface area contributed by atoms with Gasteiger partial charge in [-0.05, 0) is 18.4 Å². The predicted octanol–water partition coefficient (Wildman–Crippen LogP) is 1.95. The highest BCUT2D eigenvalue weighted by atomic mass is 32.2. The Labute approximate surface area is 117 Å². The molecule has 0 heterocycles. The van der Waals surface area contributed by atoms with Crippen molar-refractivity contribution in [2.24, 2.45) is 0 Å². The fraction of sp³-hybridized carbons (Fsp3) is 0.417. The van der Waals surface area contributed by atoms with Crippen molar-refractivity contribution in [1.29, 1.82) is 0 Å². The standard InChI is InChI=1S/C12H17NO4S2/c1-3-19(16,17)8-7-13-9-5-4-6-10(18-2)11(9)12(14)15/h4-6,13H,3,7-8H2,1-2H3,(H,14,15). The van der Waals surface area contributed by atoms with Gasteiger partial charge in [0.05, 0.1) is 11.3 Å². The number of rotatable bonds is 7. The fourth-order valence-electron chi connectivity index (χ4n) is 1.55. The van der Waals surface area contributed by atoms with Crippen molar-refractivity contribution in [1.82, 2.24) is 0 Å². The summed E-state index contributed by atoms with van der Waals surface area (Å²) in [6, 6.07) is 5.11. The van der Waals surface area contributed by atoms with Crippen LogP contribution in [0.3, 0.4) is 0 Å². The molecule has 106 valence electrons. The molecule has 0 aliphatic rings. The van der Waals surface area contributed by atoms with Crippen molar-refractivity contribution in [3.63, 3.8) is 0 Å². The summed E-state index contributed by atoms with van der Waals surface area (Å²) in [6.45, 7) is 1.79. The lowest BCUT2D eigenvalue weighted by molar-refractivity contribution is 0.0694. The number of nitrogens with one attached hydrogen (secondary N) is 1. The van der Waals surface area contributed by atoms with Crippen LogP contribution in [0.1, 0.15) is 17.3 Å². The Hall–Kier alpha value is -1.21. The summed E-state index contributed by atoms with van der Waals surface area (Å²) in [6.07, 6.45) is 1.80. The second-order valence-corrected chi connectivity index (χ2v) is 7.17. The summed E-state index contributed by atoms with van der Waals surface area (Å²) < 4.78 is 22.7. The average Bonchev–Trinajstić information content (AvgIpc) is 2.37. The van der Waals surface area contributed by atoms with Crippen LogP contribution in [0, 0.1) is 0 Å². The van der Waals surface area contributed by atoms with E-state index in [0.717, 1.165) is 0 Å². The molecular weight excluding hydrogens is 286 g/mol. The quantitative estimate of drug-likeness (QED) is 0.749. The predicted molar refractivity (Wildman–Crippen MR) is 78.0 cm³/mol. The minimum Gasteiger partial charge on any atom is -0.478 e. The van der Waals surface area contributed by atoms with Gasteiger partial charge in [0.2, 0.25) is 0 Å². The minimum absolute atomic E-state index is 0.00788. The third-order valence-electron chi connectivity index (χ3n) is 2.63. The monoisotopic (exact) mass is 303 g/mol. The Bertz CT molecular complexity index is 555. The number of hydrogen-bond donors (Lipinski definition) is 2. The van der Waals surface area contributed by atoms with Crippen LogP contribution in [0.2, 0.25) is 0 Å². The zero-order valence-electron chi connectivity index (χ0n) is 10.8. The average molecular weight is 303 g/mol. The van der Waals surface area contributed by atoms with E-state index in [0.29, 0.717) is 10.6 Å². The Kier molecular flexibility index (Phi) is 5.68. The molecule has 2 N–H and O–H groups in total. The molecular formula is C12H17NO4S2. The number of anilines is 1. The van der Waals surface area contributed by atoms with Gasteiger partial charge in [-0.1, -0.05) is 13.0 Å². The lowest BCUT2D eigenvalue weighted by Gasteiger charge is -2.12. The molecule has 0 spiro atoms. The van der Waals surface area contributed by atoms with Crippen LogP contribution in [-0.4, -0.2) is 43.8 Å². The molecule has 0 aliphatic heterocycles. The molecule has 19 heavy (non-hydrogen) atoms. The largest absolute Gasteiger partial charge is 0.478 e. The van der Waals surface area contributed by atoms with Gasteiger partial charge in [0, 0.05) is 22.9 Å². The number of hydrogen-bond acceptors (Lipinski definition) is 5. The smallest absolute Gasteiger partial charge is 0.338 e. The van der Waals surface area contributed by atoms with Crippen molar-refractivity contribution < 1.29 is 18.3 Å². The van der Waals surface area contributed by atoms with Gasteiger partial charge >= 0.3 is 5.97 Å². The Morgan fingerprint density at radius 3 is 2.63 bits per heavy atom. The van der Waals surface area contributed by atoms with Gasteiger partial charge in [-0.3, -0.25) is 0 Å². The van der Waals surface area contributed by atoms with Crippen molar-refractivity contribution in [2.45, 2.75) is 11.8 Å². The second kappa shape index (κ2) is 6.81. The number of thioether (sulfide) groups is 1. The molecule has 0 aliphatic carbocycles. The van der Waals surface area contributed by atoms with E-state index in [4.69, 9.17) is 0 Å². The van der Waals surface area contributed by atoms with E-state index in [1.807, 2.05) is 0 Å². The molecule has 0 aromatic heterocycles. The minimum atomic E-state index is -3.05. The van der Waals surface area contributed by atoms with Gasteiger partial charge in [0.1, 0.15) is 0 Å². The number of aromatic carboxylic acids is 1. The molecule has 0 bridgehead atoms. The topological polar surface area (TPSA) is 83.5 Å². The van der Waals surface area contributed by atoms with Crippen LogP contribution in [-0.2, 0) is 9.84 Å². The molecule has 0 fully saturated rings. The van der Waals surface area contributed by atoms with Gasteiger partial charge < -0.3 is 10.4 Å². The first-order valence-corrected chi connectivity index (χ1v) is 8.80. The Morgan fingerprint density at radius 2 is 2.11 bits per heavy atom. The number of carbonyl (C=O) groups is 1. The van der Waals surface area contributed by atoms with Crippen LogP contribution in [0.15, 0.2) is 23.1 Å². The van der Waals surface area contributed by atoms with Crippen molar-refractivity contribution in [2.75, 3.05) is 29.6 Å². The molecule has 0 radical (unpaired) electrons. The van der Waals surface area contributed by atoms with Gasteiger partial charge in [-0.2, -0.15) is 0 Å². The summed E-state index contributed by atoms with van der Waals surface area (Å²) in [7, 11) is -3.05. The Balaban J connectivity index is 2.87. The van der Waals surface area contributed by atoms with Crippen molar-refractivity contribution >= 4 is 33.3 Å². The summed E-state index contributed by atoms with van der Waals surface area (Å²) >= 11 is 1.34. The molecule has 0 saturated carbocycles. The normalized spacial score (nSPS) is 11.3. The second-order valence-electron chi connectivity index (χ2n) is 3.85. The lowest BCUT2D eigenvalue weighted by Crippen LogP contribution is -2.18. The van der Waals surface area contributed by atoms with Crippen LogP contribution in [0.25, 0.3) is 0 Å². The summed E-state index contributed by atoms with van der Waals surface area (Å²) in [5, 5.41) is 12.1. The molecule has 0 saturated heterocycles. The summed E-state index contributed by atoms with van der Waals surface area (Å²) in [5.74, 6) is -0.942. The maximum atomic E-state index is 11.4. The molecule has 1 rings (SSSR count). The van der Waals surface area contributed by atoms with Gasteiger partial charge in [0.25, 0.3) is 0 Å². The van der Waals surface area contributed by atoms with Crippen molar-refractivity contribution in [3.05, 3.63) is 23.8 Å². The molecule has 1 aromatic rings. The molecule has 5 nitrogen and oxygen atoms in total. The molecule has 7 heteroatoms. The zero-order chi connectivity index (χ0) is 14.5. The summed E-state index contributed by atoms with van der Waals surface area (Å²) in [4.78, 5) is 11.9. The van der Waals surface area contributed by atoms with E-state index in [9.17, 15) is 18.3 Å². The van der Waals surface area contributed by atoms with Crippen LogP contribution >= 0.6 is 11.8 Å². The number of sulfone groups is 1. The van der Waals surface area contributed by atoms with Crippen molar-refractivity contribution in [3.8, 4) is 0 Å². The van der Waals surface area contributed by atoms with E-state index in [2.05, 4.69) is 5.32 Å². The molecule has 0 unspecified atom stereocenters. The van der Waals surface area contributed by atoms with Gasteiger partial charge in [-0.25, -0.2) is 13.2 Å². The third kappa shape index (κ3) is 4.43. The first-order chi connectivity index (χ1) is 8.91.